The molecule has 0 fully saturated rings. The fourth-order valence-corrected chi connectivity index (χ4v) is 4.78. The van der Waals surface area contributed by atoms with E-state index in [1.54, 1.807) is 18.2 Å². The van der Waals surface area contributed by atoms with Crippen molar-refractivity contribution < 1.29 is 79.4 Å². The number of aliphatic carboxylic acids is 1. The monoisotopic (exact) mass is 799 g/mol. The van der Waals surface area contributed by atoms with Crippen molar-refractivity contribution >= 4 is 22.0 Å². The zero-order valence-electron chi connectivity index (χ0n) is 31.4. The first kappa shape index (κ1) is 49.6. The summed E-state index contributed by atoms with van der Waals surface area (Å²) >= 11 is 0. The van der Waals surface area contributed by atoms with Gasteiger partial charge >= 0.3 is 5.97 Å². The van der Waals surface area contributed by atoms with Gasteiger partial charge in [-0.3, -0.25) is 13.8 Å². The van der Waals surface area contributed by atoms with Gasteiger partial charge in [-0.05, 0) is 18.6 Å². The van der Waals surface area contributed by atoms with Crippen LogP contribution in [0.15, 0.2) is 35.2 Å². The number of nitrogens with one attached hydrogen (secondary N) is 1. The molecule has 0 saturated carbocycles. The molecule has 0 bridgehead atoms. The Labute approximate surface area is 319 Å². The number of ether oxygens (including phenoxy) is 11. The van der Waals surface area contributed by atoms with Crippen molar-refractivity contribution in [2.24, 2.45) is 0 Å². The minimum Gasteiger partial charge on any atom is -0.481 e. The molecule has 0 aliphatic heterocycles. The summed E-state index contributed by atoms with van der Waals surface area (Å²) in [6.07, 6.45) is 0.455. The van der Waals surface area contributed by atoms with Crippen LogP contribution in [0.2, 0.25) is 0 Å². The van der Waals surface area contributed by atoms with Crippen LogP contribution in [0.5, 0.6) is 0 Å². The molecule has 1 amide bonds. The quantitative estimate of drug-likeness (QED) is 0.0696. The number of carboxylic acid groups (broad SMARTS) is 1. The third-order valence-electron chi connectivity index (χ3n) is 6.57. The zero-order valence-corrected chi connectivity index (χ0v) is 32.2. The van der Waals surface area contributed by atoms with Gasteiger partial charge in [-0.1, -0.05) is 18.2 Å². The summed E-state index contributed by atoms with van der Waals surface area (Å²) in [6.45, 7) is 9.82. The van der Waals surface area contributed by atoms with E-state index < -0.39 is 16.1 Å². The number of hydrogen-bond acceptors (Lipinski definition) is 16. The van der Waals surface area contributed by atoms with Gasteiger partial charge in [0.25, 0.3) is 10.1 Å². The average molecular weight is 800 g/mol. The normalized spacial score (nSPS) is 11.6. The number of rotatable bonds is 42. The van der Waals surface area contributed by atoms with Crippen molar-refractivity contribution in [3.05, 3.63) is 30.3 Å². The Bertz CT molecular complexity index is 1100. The maximum atomic E-state index is 12.0. The van der Waals surface area contributed by atoms with Crippen LogP contribution in [0.3, 0.4) is 0 Å². The topological polar surface area (TPSA) is 211 Å². The summed E-state index contributed by atoms with van der Waals surface area (Å²) in [4.78, 5) is 21.9. The lowest BCUT2D eigenvalue weighted by Crippen LogP contribution is -2.25. The first-order valence-corrected chi connectivity index (χ1v) is 19.6. The molecular weight excluding hydrogens is 738 g/mol. The highest BCUT2D eigenvalue weighted by atomic mass is 32.2. The van der Waals surface area contributed by atoms with E-state index in [0.29, 0.717) is 152 Å². The van der Waals surface area contributed by atoms with E-state index in [0.717, 1.165) is 0 Å². The van der Waals surface area contributed by atoms with E-state index in [1.165, 1.54) is 12.1 Å². The molecule has 0 unspecified atom stereocenters. The summed E-state index contributed by atoms with van der Waals surface area (Å²) in [5.74, 6) is -1.26. The van der Waals surface area contributed by atoms with Gasteiger partial charge in [-0.25, -0.2) is 0 Å². The predicted molar refractivity (Wildman–Crippen MR) is 193 cm³/mol. The zero-order chi connectivity index (χ0) is 39.1. The van der Waals surface area contributed by atoms with Gasteiger partial charge in [-0.15, -0.1) is 0 Å². The Morgan fingerprint density at radius 3 is 1.11 bits per heavy atom. The third kappa shape index (κ3) is 34.1. The molecule has 54 heavy (non-hydrogen) atoms. The molecule has 1 aromatic rings. The molecule has 0 aliphatic rings. The number of benzene rings is 1. The highest BCUT2D eigenvalue weighted by Crippen LogP contribution is 2.10. The van der Waals surface area contributed by atoms with Crippen molar-refractivity contribution in [3.8, 4) is 0 Å². The molecule has 0 spiro atoms. The second kappa shape index (κ2) is 37.5. The largest absolute Gasteiger partial charge is 0.481 e. The molecule has 0 aliphatic carbocycles. The first-order valence-electron chi connectivity index (χ1n) is 18.2. The lowest BCUT2D eigenvalue weighted by molar-refractivity contribution is -0.138. The molecule has 0 aromatic heterocycles. The molecule has 18 nitrogen and oxygen atoms in total. The van der Waals surface area contributed by atoms with Gasteiger partial charge in [0.1, 0.15) is 0 Å². The predicted octanol–water partition coefficient (Wildman–Crippen LogP) is 0.946. The number of amides is 1. The summed E-state index contributed by atoms with van der Waals surface area (Å²) in [7, 11) is -3.77. The van der Waals surface area contributed by atoms with Crippen LogP contribution >= 0.6 is 0 Å². The lowest BCUT2D eigenvalue weighted by Gasteiger charge is -2.09. The van der Waals surface area contributed by atoms with Crippen molar-refractivity contribution in [1.82, 2.24) is 5.32 Å². The highest BCUT2D eigenvalue weighted by molar-refractivity contribution is 7.86. The Morgan fingerprint density at radius 2 is 0.778 bits per heavy atom. The number of carbonyl (C=O) groups excluding carboxylic acids is 1. The third-order valence-corrected chi connectivity index (χ3v) is 7.90. The van der Waals surface area contributed by atoms with E-state index in [-0.39, 0.29) is 36.9 Å². The summed E-state index contributed by atoms with van der Waals surface area (Å²) in [5, 5.41) is 11.2. The number of carboxylic acids is 1. The molecule has 19 heteroatoms. The molecule has 0 radical (unpaired) electrons. The highest BCUT2D eigenvalue weighted by Gasteiger charge is 2.13. The van der Waals surface area contributed by atoms with Crippen LogP contribution in [0.4, 0.5) is 0 Å². The Morgan fingerprint density at radius 1 is 0.463 bits per heavy atom. The van der Waals surface area contributed by atoms with Crippen molar-refractivity contribution in [3.63, 3.8) is 0 Å². The second-order valence-corrected chi connectivity index (χ2v) is 12.5. The van der Waals surface area contributed by atoms with Crippen LogP contribution in [0.25, 0.3) is 0 Å². The standard InChI is InChI=1S/C35H61NO17S/c37-34(7-8-35(38)39)36-9-4-10-42-11-12-43-13-14-44-15-16-45-17-18-46-19-20-47-21-22-48-23-24-49-25-26-50-27-28-51-29-30-52-31-32-53-54(40,41)33-5-2-1-3-6-33/h1-3,5-6H,4,7-32H2,(H,36,37)(H,38,39). The van der Waals surface area contributed by atoms with Gasteiger partial charge in [-0.2, -0.15) is 8.42 Å². The Hall–Kier alpha value is -2.37. The van der Waals surface area contributed by atoms with E-state index >= 15 is 0 Å². The minimum absolute atomic E-state index is 0.0171. The maximum Gasteiger partial charge on any atom is 0.303 e. The molecule has 2 N–H and O–H groups in total. The van der Waals surface area contributed by atoms with Gasteiger partial charge in [0.2, 0.25) is 5.91 Å². The average Bonchev–Trinajstić information content (AvgIpc) is 3.17. The van der Waals surface area contributed by atoms with Crippen LogP contribution in [-0.4, -0.2) is 184 Å². The molecule has 0 heterocycles. The van der Waals surface area contributed by atoms with Gasteiger partial charge < -0.3 is 62.5 Å². The summed E-state index contributed by atoms with van der Waals surface area (Å²) < 4.78 is 88.6. The molecule has 0 atom stereocenters. The van der Waals surface area contributed by atoms with Gasteiger partial charge in [0.15, 0.2) is 0 Å². The van der Waals surface area contributed by atoms with Gasteiger partial charge in [0.05, 0.1) is 157 Å². The number of carbonyl (C=O) groups is 2. The summed E-state index contributed by atoms with van der Waals surface area (Å²) in [5.41, 5.74) is 0. The Kier molecular flexibility index (Phi) is 34.5. The minimum atomic E-state index is -3.77. The van der Waals surface area contributed by atoms with Gasteiger partial charge in [0, 0.05) is 19.6 Å². The fourth-order valence-electron chi connectivity index (χ4n) is 3.87. The molecule has 314 valence electrons. The van der Waals surface area contributed by atoms with Crippen LogP contribution in [0, 0.1) is 0 Å². The second-order valence-electron chi connectivity index (χ2n) is 10.9. The van der Waals surface area contributed by atoms with E-state index in [9.17, 15) is 18.0 Å². The molecule has 1 aromatic carbocycles. The van der Waals surface area contributed by atoms with Crippen molar-refractivity contribution in [1.29, 1.82) is 0 Å². The van der Waals surface area contributed by atoms with Crippen LogP contribution in [-0.2, 0) is 76.0 Å². The van der Waals surface area contributed by atoms with E-state index in [2.05, 4.69) is 5.32 Å². The van der Waals surface area contributed by atoms with Crippen molar-refractivity contribution in [2.45, 2.75) is 24.2 Å². The SMILES string of the molecule is O=C(O)CCC(=O)NCCCOCCOCCOCCOCCOCCOCCOCCOCCOCCOCCOCCOS(=O)(=O)c1ccccc1. The fraction of sp³-hybridized carbons (Fsp3) is 0.771. The van der Waals surface area contributed by atoms with Crippen LogP contribution < -0.4 is 5.32 Å². The van der Waals surface area contributed by atoms with E-state index in [1.807, 2.05) is 0 Å². The van der Waals surface area contributed by atoms with Crippen LogP contribution in [0.1, 0.15) is 19.3 Å². The molecule has 1 rings (SSSR count). The molecule has 0 saturated heterocycles. The summed E-state index contributed by atoms with van der Waals surface area (Å²) in [6, 6.07) is 7.95. The first-order chi connectivity index (χ1) is 26.4. The van der Waals surface area contributed by atoms with Crippen molar-refractivity contribution in [2.75, 3.05) is 159 Å². The van der Waals surface area contributed by atoms with E-state index in [4.69, 9.17) is 61.4 Å². The smallest absolute Gasteiger partial charge is 0.303 e. The Balaban J connectivity index is 1.65. The number of hydrogen-bond donors (Lipinski definition) is 2. The lowest BCUT2D eigenvalue weighted by atomic mass is 10.3. The maximum absolute atomic E-state index is 12.0. The molecular formula is C35H61NO17S.